The van der Waals surface area contributed by atoms with Crippen molar-refractivity contribution in [2.24, 2.45) is 0 Å². The molecule has 0 spiro atoms. The molecule has 1 aromatic carbocycles. The van der Waals surface area contributed by atoms with Gasteiger partial charge in [0.2, 0.25) is 0 Å². The van der Waals surface area contributed by atoms with E-state index in [9.17, 15) is 0 Å². The van der Waals surface area contributed by atoms with Crippen molar-refractivity contribution in [3.05, 3.63) is 29.8 Å². The van der Waals surface area contributed by atoms with Gasteiger partial charge in [0, 0.05) is 26.2 Å². The Morgan fingerprint density at radius 2 is 2.06 bits per heavy atom. The molecule has 0 bridgehead atoms. The second-order valence-corrected chi connectivity index (χ2v) is 4.68. The molecule has 0 aromatic heterocycles. The number of benzene rings is 1. The Labute approximate surface area is 109 Å². The maximum Gasteiger partial charge on any atom is 0.488 e. The molecular formula is C13H22BNO3. The maximum atomic E-state index is 9.15. The highest BCUT2D eigenvalue weighted by atomic mass is 16.5. The van der Waals surface area contributed by atoms with Gasteiger partial charge in [0.25, 0.3) is 0 Å². The van der Waals surface area contributed by atoms with Gasteiger partial charge in [0.05, 0.1) is 6.61 Å². The SMILES string of the molecule is COCCN(Cc1cccc(B(O)O)c1)C(C)C. The van der Waals surface area contributed by atoms with Gasteiger partial charge in [-0.25, -0.2) is 0 Å². The predicted molar refractivity (Wildman–Crippen MR) is 73.7 cm³/mol. The van der Waals surface area contributed by atoms with Crippen LogP contribution in [0.25, 0.3) is 0 Å². The second kappa shape index (κ2) is 7.54. The average molecular weight is 251 g/mol. The number of nitrogens with zero attached hydrogens (tertiary/aromatic N) is 1. The summed E-state index contributed by atoms with van der Waals surface area (Å²) in [6.45, 7) is 6.61. The van der Waals surface area contributed by atoms with Crippen LogP contribution in [0.2, 0.25) is 0 Å². The highest BCUT2D eigenvalue weighted by Crippen LogP contribution is 2.07. The van der Waals surface area contributed by atoms with Crippen molar-refractivity contribution in [2.45, 2.75) is 26.4 Å². The number of hydrogen-bond acceptors (Lipinski definition) is 4. The average Bonchev–Trinajstić information content (AvgIpc) is 2.34. The van der Waals surface area contributed by atoms with Crippen LogP contribution in [0.3, 0.4) is 0 Å². The van der Waals surface area contributed by atoms with Crippen LogP contribution < -0.4 is 5.46 Å². The number of methoxy groups -OCH3 is 1. The van der Waals surface area contributed by atoms with Crippen LogP contribution in [-0.2, 0) is 11.3 Å². The molecule has 1 aromatic rings. The fourth-order valence-corrected chi connectivity index (χ4v) is 1.81. The normalized spacial score (nSPS) is 11.3. The third-order valence-corrected chi connectivity index (χ3v) is 2.95. The third kappa shape index (κ3) is 4.78. The summed E-state index contributed by atoms with van der Waals surface area (Å²) in [4.78, 5) is 2.28. The minimum atomic E-state index is -1.41. The standard InChI is InChI=1S/C13H22BNO3/c1-11(2)15(7-8-18-3)10-12-5-4-6-13(9-12)14(16)17/h4-6,9,11,16-17H,7-8,10H2,1-3H3. The summed E-state index contributed by atoms with van der Waals surface area (Å²) in [7, 11) is 0.290. The molecule has 2 N–H and O–H groups in total. The van der Waals surface area contributed by atoms with Crippen molar-refractivity contribution in [1.82, 2.24) is 4.90 Å². The molecule has 0 radical (unpaired) electrons. The fraction of sp³-hybridized carbons (Fsp3) is 0.538. The van der Waals surface area contributed by atoms with Gasteiger partial charge in [-0.05, 0) is 24.9 Å². The van der Waals surface area contributed by atoms with Gasteiger partial charge in [-0.3, -0.25) is 4.90 Å². The van der Waals surface area contributed by atoms with E-state index in [0.29, 0.717) is 18.1 Å². The van der Waals surface area contributed by atoms with Gasteiger partial charge >= 0.3 is 7.12 Å². The zero-order valence-electron chi connectivity index (χ0n) is 11.3. The molecule has 0 saturated carbocycles. The monoisotopic (exact) mass is 251 g/mol. The Bertz CT molecular complexity index is 358. The summed E-state index contributed by atoms with van der Waals surface area (Å²) in [5.74, 6) is 0. The first kappa shape index (κ1) is 15.2. The smallest absolute Gasteiger partial charge is 0.423 e. The largest absolute Gasteiger partial charge is 0.488 e. The Balaban J connectivity index is 2.70. The minimum Gasteiger partial charge on any atom is -0.423 e. The highest BCUT2D eigenvalue weighted by Gasteiger charge is 2.13. The van der Waals surface area contributed by atoms with E-state index in [1.807, 2.05) is 18.2 Å². The van der Waals surface area contributed by atoms with E-state index in [2.05, 4.69) is 18.7 Å². The molecule has 0 aliphatic carbocycles. The zero-order valence-corrected chi connectivity index (χ0v) is 11.3. The minimum absolute atomic E-state index is 0.419. The van der Waals surface area contributed by atoms with E-state index in [-0.39, 0.29) is 0 Å². The molecule has 0 aliphatic heterocycles. The molecule has 0 amide bonds. The Morgan fingerprint density at radius 1 is 1.33 bits per heavy atom. The summed E-state index contributed by atoms with van der Waals surface area (Å²) < 4.78 is 5.10. The summed E-state index contributed by atoms with van der Waals surface area (Å²) >= 11 is 0. The Morgan fingerprint density at radius 3 is 2.61 bits per heavy atom. The first-order valence-electron chi connectivity index (χ1n) is 6.22. The van der Waals surface area contributed by atoms with Gasteiger partial charge in [0.1, 0.15) is 0 Å². The van der Waals surface area contributed by atoms with Crippen molar-refractivity contribution in [1.29, 1.82) is 0 Å². The lowest BCUT2D eigenvalue weighted by Gasteiger charge is -2.26. The van der Waals surface area contributed by atoms with Gasteiger partial charge in [-0.1, -0.05) is 24.3 Å². The van der Waals surface area contributed by atoms with E-state index < -0.39 is 7.12 Å². The zero-order chi connectivity index (χ0) is 13.5. The van der Waals surface area contributed by atoms with E-state index in [1.165, 1.54) is 0 Å². The van der Waals surface area contributed by atoms with Crippen LogP contribution in [-0.4, -0.2) is 48.4 Å². The van der Waals surface area contributed by atoms with Crippen LogP contribution in [0.5, 0.6) is 0 Å². The van der Waals surface area contributed by atoms with Gasteiger partial charge < -0.3 is 14.8 Å². The molecule has 100 valence electrons. The van der Waals surface area contributed by atoms with Crippen LogP contribution >= 0.6 is 0 Å². The molecule has 1 rings (SSSR count). The van der Waals surface area contributed by atoms with Crippen LogP contribution in [0.4, 0.5) is 0 Å². The molecule has 0 aliphatic rings. The first-order chi connectivity index (χ1) is 8.54. The third-order valence-electron chi connectivity index (χ3n) is 2.95. The van der Waals surface area contributed by atoms with E-state index >= 15 is 0 Å². The topological polar surface area (TPSA) is 52.9 Å². The molecule has 0 saturated heterocycles. The first-order valence-corrected chi connectivity index (χ1v) is 6.22. The van der Waals surface area contributed by atoms with Gasteiger partial charge in [-0.2, -0.15) is 0 Å². The quantitative estimate of drug-likeness (QED) is 0.681. The van der Waals surface area contributed by atoms with Crippen molar-refractivity contribution in [3.8, 4) is 0 Å². The molecule has 0 fully saturated rings. The summed E-state index contributed by atoms with van der Waals surface area (Å²) in [5, 5.41) is 18.3. The lowest BCUT2D eigenvalue weighted by Crippen LogP contribution is -2.34. The molecule has 4 nitrogen and oxygen atoms in total. The number of hydrogen-bond donors (Lipinski definition) is 2. The van der Waals surface area contributed by atoms with Crippen molar-refractivity contribution in [2.75, 3.05) is 20.3 Å². The molecule has 0 unspecified atom stereocenters. The summed E-state index contributed by atoms with van der Waals surface area (Å²) in [6, 6.07) is 7.80. The van der Waals surface area contributed by atoms with E-state index in [1.54, 1.807) is 13.2 Å². The number of rotatable bonds is 7. The Kier molecular flexibility index (Phi) is 6.36. The lowest BCUT2D eigenvalue weighted by molar-refractivity contribution is 0.125. The molecular weight excluding hydrogens is 229 g/mol. The number of ether oxygens (including phenoxy) is 1. The van der Waals surface area contributed by atoms with Gasteiger partial charge in [-0.15, -0.1) is 0 Å². The van der Waals surface area contributed by atoms with E-state index in [0.717, 1.165) is 18.7 Å². The van der Waals surface area contributed by atoms with Crippen LogP contribution in [0, 0.1) is 0 Å². The second-order valence-electron chi connectivity index (χ2n) is 4.68. The molecule has 0 atom stereocenters. The van der Waals surface area contributed by atoms with Gasteiger partial charge in [0.15, 0.2) is 0 Å². The van der Waals surface area contributed by atoms with Crippen molar-refractivity contribution < 1.29 is 14.8 Å². The van der Waals surface area contributed by atoms with Crippen LogP contribution in [0.1, 0.15) is 19.4 Å². The molecule has 0 heterocycles. The predicted octanol–water partition coefficient (Wildman–Crippen LogP) is 0.223. The highest BCUT2D eigenvalue weighted by molar-refractivity contribution is 6.58. The Hall–Kier alpha value is -0.875. The molecule has 5 heteroatoms. The lowest BCUT2D eigenvalue weighted by atomic mass is 9.79. The van der Waals surface area contributed by atoms with E-state index in [4.69, 9.17) is 14.8 Å². The summed E-state index contributed by atoms with van der Waals surface area (Å²) in [5.41, 5.74) is 1.60. The summed E-state index contributed by atoms with van der Waals surface area (Å²) in [6.07, 6.45) is 0. The van der Waals surface area contributed by atoms with Crippen molar-refractivity contribution in [3.63, 3.8) is 0 Å². The maximum absolute atomic E-state index is 9.15. The molecule has 18 heavy (non-hydrogen) atoms. The van der Waals surface area contributed by atoms with Crippen LogP contribution in [0.15, 0.2) is 24.3 Å². The fourth-order valence-electron chi connectivity index (χ4n) is 1.81. The van der Waals surface area contributed by atoms with Crippen molar-refractivity contribution >= 4 is 12.6 Å².